The lowest BCUT2D eigenvalue weighted by Crippen LogP contribution is -2.37. The standard InChI is InChI=1S/C22H33N5S.HI/c1-4-20-13-24-21(28-20)14-26-22(23-3)25-12-18-9-5-6-10-19(18)16-27-11-7-8-17(2)15-27;/h5-6,9-10,13,17H,4,7-8,11-12,14-16H2,1-3H3,(H2,23,25,26);1H. The van der Waals surface area contributed by atoms with E-state index in [-0.39, 0.29) is 24.0 Å². The normalized spacial score (nSPS) is 17.6. The molecule has 29 heavy (non-hydrogen) atoms. The number of benzene rings is 1. The van der Waals surface area contributed by atoms with Crippen LogP contribution in [0.15, 0.2) is 35.5 Å². The first-order chi connectivity index (χ1) is 13.7. The number of piperidine rings is 1. The van der Waals surface area contributed by atoms with Gasteiger partial charge in [-0.05, 0) is 42.9 Å². The molecular weight excluding hydrogens is 493 g/mol. The maximum absolute atomic E-state index is 4.46. The van der Waals surface area contributed by atoms with Gasteiger partial charge in [0.25, 0.3) is 0 Å². The lowest BCUT2D eigenvalue weighted by atomic mass is 9.99. The molecule has 1 atom stereocenters. The van der Waals surface area contributed by atoms with E-state index >= 15 is 0 Å². The van der Waals surface area contributed by atoms with Crippen LogP contribution in [0, 0.1) is 5.92 Å². The zero-order chi connectivity index (χ0) is 19.8. The Bertz CT molecular complexity index is 776. The van der Waals surface area contributed by atoms with Crippen LogP contribution in [0.2, 0.25) is 0 Å². The summed E-state index contributed by atoms with van der Waals surface area (Å²) in [7, 11) is 1.82. The number of aryl methyl sites for hydroxylation is 1. The molecule has 1 aliphatic rings. The predicted octanol–water partition coefficient (Wildman–Crippen LogP) is 4.42. The fraction of sp³-hybridized carbons (Fsp3) is 0.545. The third-order valence-corrected chi connectivity index (χ3v) is 6.42. The Morgan fingerprint density at radius 1 is 1.24 bits per heavy atom. The van der Waals surface area contributed by atoms with E-state index in [4.69, 9.17) is 0 Å². The molecule has 1 saturated heterocycles. The van der Waals surface area contributed by atoms with Crippen molar-refractivity contribution in [2.75, 3.05) is 20.1 Å². The summed E-state index contributed by atoms with van der Waals surface area (Å²) in [6.45, 7) is 9.46. The molecule has 2 N–H and O–H groups in total. The van der Waals surface area contributed by atoms with Gasteiger partial charge < -0.3 is 10.6 Å². The van der Waals surface area contributed by atoms with Crippen LogP contribution in [0.4, 0.5) is 0 Å². The Balaban J connectivity index is 0.00000300. The Kier molecular flexibility index (Phi) is 10.4. The quantitative estimate of drug-likeness (QED) is 0.318. The van der Waals surface area contributed by atoms with Gasteiger partial charge in [-0.1, -0.05) is 38.1 Å². The van der Waals surface area contributed by atoms with Crippen LogP contribution in [-0.4, -0.2) is 36.0 Å². The number of halogens is 1. The van der Waals surface area contributed by atoms with Gasteiger partial charge in [-0.3, -0.25) is 9.89 Å². The van der Waals surface area contributed by atoms with Gasteiger partial charge in [-0.2, -0.15) is 0 Å². The molecule has 1 fully saturated rings. The molecule has 2 aromatic rings. The summed E-state index contributed by atoms with van der Waals surface area (Å²) >= 11 is 1.76. The largest absolute Gasteiger partial charge is 0.352 e. The molecule has 0 aliphatic carbocycles. The van der Waals surface area contributed by atoms with E-state index in [1.54, 1.807) is 11.3 Å². The van der Waals surface area contributed by atoms with Gasteiger partial charge in [-0.25, -0.2) is 4.98 Å². The molecule has 0 radical (unpaired) electrons. The zero-order valence-corrected chi connectivity index (χ0v) is 20.9. The van der Waals surface area contributed by atoms with E-state index in [1.807, 2.05) is 13.2 Å². The van der Waals surface area contributed by atoms with Crippen molar-refractivity contribution in [3.05, 3.63) is 51.5 Å². The Hall–Kier alpha value is -1.19. The van der Waals surface area contributed by atoms with Gasteiger partial charge in [0.2, 0.25) is 0 Å². The van der Waals surface area contributed by atoms with E-state index in [9.17, 15) is 0 Å². The lowest BCUT2D eigenvalue weighted by Gasteiger charge is -2.31. The molecule has 7 heteroatoms. The molecule has 5 nitrogen and oxygen atoms in total. The highest BCUT2D eigenvalue weighted by molar-refractivity contribution is 14.0. The van der Waals surface area contributed by atoms with Crippen LogP contribution in [0.25, 0.3) is 0 Å². The Morgan fingerprint density at radius 3 is 2.69 bits per heavy atom. The van der Waals surface area contributed by atoms with Crippen molar-refractivity contribution in [1.29, 1.82) is 0 Å². The van der Waals surface area contributed by atoms with Crippen LogP contribution in [0.3, 0.4) is 0 Å². The van der Waals surface area contributed by atoms with E-state index in [1.165, 1.54) is 41.9 Å². The van der Waals surface area contributed by atoms with Gasteiger partial charge in [0.15, 0.2) is 5.96 Å². The van der Waals surface area contributed by atoms with Crippen molar-refractivity contribution in [3.8, 4) is 0 Å². The third-order valence-electron chi connectivity index (χ3n) is 5.28. The van der Waals surface area contributed by atoms with Crippen LogP contribution in [-0.2, 0) is 26.1 Å². The number of thiazole rings is 1. The summed E-state index contributed by atoms with van der Waals surface area (Å²) in [5.74, 6) is 1.62. The van der Waals surface area contributed by atoms with Gasteiger partial charge in [-0.15, -0.1) is 35.3 Å². The van der Waals surface area contributed by atoms with Gasteiger partial charge in [0.1, 0.15) is 5.01 Å². The smallest absolute Gasteiger partial charge is 0.191 e. The van der Waals surface area contributed by atoms with Gasteiger partial charge >= 0.3 is 0 Å². The predicted molar refractivity (Wildman–Crippen MR) is 134 cm³/mol. The fourth-order valence-corrected chi connectivity index (χ4v) is 4.51. The monoisotopic (exact) mass is 527 g/mol. The topological polar surface area (TPSA) is 52.6 Å². The molecule has 0 saturated carbocycles. The first kappa shape index (κ1) is 24.1. The van der Waals surface area contributed by atoms with Crippen molar-refractivity contribution < 1.29 is 0 Å². The number of rotatable bonds is 7. The van der Waals surface area contributed by atoms with E-state index < -0.39 is 0 Å². The highest BCUT2D eigenvalue weighted by Gasteiger charge is 2.17. The maximum Gasteiger partial charge on any atom is 0.191 e. The number of nitrogens with zero attached hydrogens (tertiary/aromatic N) is 3. The maximum atomic E-state index is 4.46. The highest BCUT2D eigenvalue weighted by Crippen LogP contribution is 2.19. The second kappa shape index (κ2) is 12.5. The van der Waals surface area contributed by atoms with Crippen LogP contribution >= 0.6 is 35.3 Å². The van der Waals surface area contributed by atoms with Crippen molar-refractivity contribution in [2.45, 2.75) is 52.7 Å². The van der Waals surface area contributed by atoms with Crippen molar-refractivity contribution >= 4 is 41.3 Å². The molecular formula is C22H34IN5S. The Labute approximate surface area is 196 Å². The van der Waals surface area contributed by atoms with E-state index in [0.29, 0.717) is 6.54 Å². The minimum atomic E-state index is 0. The van der Waals surface area contributed by atoms with Crippen LogP contribution in [0.5, 0.6) is 0 Å². The number of likely N-dealkylation sites (tertiary alicyclic amines) is 1. The molecule has 1 aromatic heterocycles. The minimum absolute atomic E-state index is 0. The average molecular weight is 528 g/mol. The summed E-state index contributed by atoms with van der Waals surface area (Å²) in [4.78, 5) is 12.7. The van der Waals surface area contributed by atoms with Gasteiger partial charge in [0, 0.05) is 37.8 Å². The average Bonchev–Trinajstić information content (AvgIpc) is 3.17. The molecule has 0 spiro atoms. The van der Waals surface area contributed by atoms with Crippen molar-refractivity contribution in [3.63, 3.8) is 0 Å². The summed E-state index contributed by atoms with van der Waals surface area (Å²) in [6.07, 6.45) is 5.68. The van der Waals surface area contributed by atoms with Crippen molar-refractivity contribution in [1.82, 2.24) is 20.5 Å². The van der Waals surface area contributed by atoms with Crippen LogP contribution in [0.1, 0.15) is 47.7 Å². The summed E-state index contributed by atoms with van der Waals surface area (Å²) in [5, 5.41) is 7.93. The molecule has 160 valence electrons. The molecule has 0 amide bonds. The lowest BCUT2D eigenvalue weighted by molar-refractivity contribution is 0.176. The number of aliphatic imine (C=N–C) groups is 1. The number of hydrogen-bond acceptors (Lipinski definition) is 4. The molecule has 1 aromatic carbocycles. The van der Waals surface area contributed by atoms with Gasteiger partial charge in [0.05, 0.1) is 6.54 Å². The van der Waals surface area contributed by atoms with Crippen LogP contribution < -0.4 is 10.6 Å². The highest BCUT2D eigenvalue weighted by atomic mass is 127. The fourth-order valence-electron chi connectivity index (χ4n) is 3.71. The SMILES string of the molecule is CCc1cnc(CNC(=NC)NCc2ccccc2CN2CCCC(C)C2)s1.I. The summed E-state index contributed by atoms with van der Waals surface area (Å²) in [6, 6.07) is 8.75. The van der Waals surface area contributed by atoms with Crippen molar-refractivity contribution in [2.24, 2.45) is 10.9 Å². The Morgan fingerprint density at radius 2 is 2.00 bits per heavy atom. The van der Waals surface area contributed by atoms with E-state index in [2.05, 4.69) is 63.6 Å². The van der Waals surface area contributed by atoms with E-state index in [0.717, 1.165) is 36.4 Å². The number of hydrogen-bond donors (Lipinski definition) is 2. The molecule has 3 rings (SSSR count). The number of guanidine groups is 1. The summed E-state index contributed by atoms with van der Waals surface area (Å²) < 4.78 is 0. The molecule has 1 unspecified atom stereocenters. The second-order valence-corrected chi connectivity index (χ2v) is 8.80. The zero-order valence-electron chi connectivity index (χ0n) is 17.8. The molecule has 2 heterocycles. The first-order valence-corrected chi connectivity index (χ1v) is 11.2. The summed E-state index contributed by atoms with van der Waals surface area (Å²) in [5.41, 5.74) is 2.75. The minimum Gasteiger partial charge on any atom is -0.352 e. The third kappa shape index (κ3) is 7.53. The number of nitrogens with one attached hydrogen (secondary N) is 2. The second-order valence-electron chi connectivity index (χ2n) is 7.60. The molecule has 1 aliphatic heterocycles. The first-order valence-electron chi connectivity index (χ1n) is 10.3. The molecule has 0 bridgehead atoms. The number of aromatic nitrogens is 1.